The fraction of sp³-hybridized carbons (Fsp3) is 0.706. The lowest BCUT2D eigenvalue weighted by atomic mass is 9.99. The van der Waals surface area contributed by atoms with Crippen LogP contribution in [0.4, 0.5) is 0 Å². The average Bonchev–Trinajstić information content (AvgIpc) is 3.17. The van der Waals surface area contributed by atoms with E-state index >= 15 is 0 Å². The van der Waals surface area contributed by atoms with Gasteiger partial charge in [-0.05, 0) is 41.7 Å². The lowest BCUT2D eigenvalue weighted by molar-refractivity contribution is -0.138. The number of fused-ring (bicyclic) bond motifs is 1. The zero-order valence-corrected chi connectivity index (χ0v) is 14.8. The van der Waals surface area contributed by atoms with Gasteiger partial charge in [0.25, 0.3) is 0 Å². The van der Waals surface area contributed by atoms with Gasteiger partial charge in [-0.15, -0.1) is 0 Å². The number of rotatable bonds is 6. The van der Waals surface area contributed by atoms with E-state index < -0.39 is 0 Å². The molecule has 1 unspecified atom stereocenters. The zero-order valence-electron chi connectivity index (χ0n) is 13.9. The molecule has 3 heterocycles. The van der Waals surface area contributed by atoms with Gasteiger partial charge in [0.1, 0.15) is 6.61 Å². The monoisotopic (exact) mass is 338 g/mol. The highest BCUT2D eigenvalue weighted by Gasteiger charge is 2.39. The van der Waals surface area contributed by atoms with Crippen molar-refractivity contribution in [2.45, 2.75) is 44.1 Å². The minimum absolute atomic E-state index is 0.00138. The normalized spacial score (nSPS) is 27.8. The van der Waals surface area contributed by atoms with Crippen LogP contribution in [-0.4, -0.2) is 67.8 Å². The van der Waals surface area contributed by atoms with Gasteiger partial charge in [0.15, 0.2) is 0 Å². The third-order valence-electron chi connectivity index (χ3n) is 4.74. The van der Waals surface area contributed by atoms with Gasteiger partial charge in [-0.3, -0.25) is 9.69 Å². The first kappa shape index (κ1) is 16.9. The van der Waals surface area contributed by atoms with E-state index in [-0.39, 0.29) is 18.6 Å². The van der Waals surface area contributed by atoms with E-state index in [2.05, 4.69) is 21.7 Å². The summed E-state index contributed by atoms with van der Waals surface area (Å²) in [5.41, 5.74) is 1.41. The van der Waals surface area contributed by atoms with Gasteiger partial charge in [0, 0.05) is 33.2 Å². The van der Waals surface area contributed by atoms with Crippen LogP contribution in [0.3, 0.4) is 0 Å². The molecule has 128 valence electrons. The van der Waals surface area contributed by atoms with E-state index in [9.17, 15) is 4.79 Å². The molecule has 6 heteroatoms. The summed E-state index contributed by atoms with van der Waals surface area (Å²) in [7, 11) is 3.49. The number of thiophene rings is 1. The Balaban J connectivity index is 1.42. The lowest BCUT2D eigenvalue weighted by Crippen LogP contribution is -2.43. The van der Waals surface area contributed by atoms with E-state index in [0.29, 0.717) is 18.8 Å². The molecule has 2 fully saturated rings. The van der Waals surface area contributed by atoms with Gasteiger partial charge in [-0.1, -0.05) is 0 Å². The Kier molecular flexibility index (Phi) is 5.69. The summed E-state index contributed by atoms with van der Waals surface area (Å²) in [6.45, 7) is 2.81. The maximum Gasteiger partial charge on any atom is 0.248 e. The van der Waals surface area contributed by atoms with Crippen LogP contribution >= 0.6 is 11.3 Å². The molecular formula is C17H26N2O3S. The fourth-order valence-corrected chi connectivity index (χ4v) is 4.09. The number of hydrogen-bond donors (Lipinski definition) is 0. The molecule has 0 bridgehead atoms. The average molecular weight is 338 g/mol. The van der Waals surface area contributed by atoms with Crippen LogP contribution in [-0.2, 0) is 20.8 Å². The predicted octanol–water partition coefficient (Wildman–Crippen LogP) is 1.97. The first-order chi connectivity index (χ1) is 11.1. The Morgan fingerprint density at radius 3 is 3.04 bits per heavy atom. The fourth-order valence-electron chi connectivity index (χ4n) is 3.43. The molecule has 1 amide bonds. The second-order valence-corrected chi connectivity index (χ2v) is 7.42. The molecule has 0 spiro atoms. The van der Waals surface area contributed by atoms with Gasteiger partial charge in [0.2, 0.25) is 5.91 Å². The SMILES string of the molecule is CN(C)C(=O)COCC1CC[C@H]2[C@H](CCN2Cc2ccsc2)O1. The molecule has 23 heavy (non-hydrogen) atoms. The van der Waals surface area contributed by atoms with Crippen molar-refractivity contribution in [1.82, 2.24) is 9.80 Å². The van der Waals surface area contributed by atoms with Crippen molar-refractivity contribution >= 4 is 17.2 Å². The Hall–Kier alpha value is -0.950. The Labute approximate surface area is 142 Å². The maximum atomic E-state index is 11.5. The Morgan fingerprint density at radius 2 is 2.30 bits per heavy atom. The summed E-state index contributed by atoms with van der Waals surface area (Å²) < 4.78 is 11.7. The van der Waals surface area contributed by atoms with Crippen LogP contribution in [0.2, 0.25) is 0 Å². The van der Waals surface area contributed by atoms with Gasteiger partial charge < -0.3 is 14.4 Å². The molecule has 0 N–H and O–H groups in total. The molecule has 2 aliphatic rings. The smallest absolute Gasteiger partial charge is 0.248 e. The zero-order chi connectivity index (χ0) is 16.2. The molecule has 0 aromatic carbocycles. The number of ether oxygens (including phenoxy) is 2. The standard InChI is InChI=1S/C17H26N2O3S/c1-18(2)17(20)11-21-10-14-3-4-15-16(22-14)5-7-19(15)9-13-6-8-23-12-13/h6,8,12,14-16H,3-5,7,9-11H2,1-2H3/t14?,15-,16-/m0/s1. The molecule has 0 saturated carbocycles. The first-order valence-electron chi connectivity index (χ1n) is 8.32. The van der Waals surface area contributed by atoms with Gasteiger partial charge in [-0.2, -0.15) is 11.3 Å². The summed E-state index contributed by atoms with van der Waals surface area (Å²) in [6, 6.07) is 2.75. The van der Waals surface area contributed by atoms with E-state index in [1.807, 2.05) is 0 Å². The third kappa shape index (κ3) is 4.32. The maximum absolute atomic E-state index is 11.5. The number of likely N-dealkylation sites (tertiary alicyclic amines) is 1. The largest absolute Gasteiger partial charge is 0.371 e. The number of likely N-dealkylation sites (N-methyl/N-ethyl adjacent to an activating group) is 1. The molecule has 3 atom stereocenters. The number of carbonyl (C=O) groups excluding carboxylic acids is 1. The van der Waals surface area contributed by atoms with Crippen molar-refractivity contribution in [2.75, 3.05) is 33.9 Å². The third-order valence-corrected chi connectivity index (χ3v) is 5.48. The molecule has 0 aliphatic carbocycles. The summed E-state index contributed by atoms with van der Waals surface area (Å²) in [4.78, 5) is 15.6. The second kappa shape index (κ2) is 7.75. The predicted molar refractivity (Wildman–Crippen MR) is 90.5 cm³/mol. The van der Waals surface area contributed by atoms with Crippen molar-refractivity contribution in [1.29, 1.82) is 0 Å². The first-order valence-corrected chi connectivity index (χ1v) is 9.26. The van der Waals surface area contributed by atoms with Gasteiger partial charge in [0.05, 0.1) is 18.8 Å². The van der Waals surface area contributed by atoms with Crippen LogP contribution in [0, 0.1) is 0 Å². The van der Waals surface area contributed by atoms with Crippen LogP contribution < -0.4 is 0 Å². The van der Waals surface area contributed by atoms with E-state index in [0.717, 1.165) is 32.4 Å². The highest BCUT2D eigenvalue weighted by atomic mass is 32.1. The molecule has 1 aromatic rings. The van der Waals surface area contributed by atoms with Crippen LogP contribution in [0.1, 0.15) is 24.8 Å². The number of carbonyl (C=O) groups is 1. The molecule has 2 saturated heterocycles. The number of hydrogen-bond acceptors (Lipinski definition) is 5. The molecule has 0 radical (unpaired) electrons. The molecule has 3 rings (SSSR count). The second-order valence-electron chi connectivity index (χ2n) is 6.64. The van der Waals surface area contributed by atoms with Crippen molar-refractivity contribution in [2.24, 2.45) is 0 Å². The molecule has 1 aromatic heterocycles. The highest BCUT2D eigenvalue weighted by molar-refractivity contribution is 7.07. The molecule has 2 aliphatic heterocycles. The van der Waals surface area contributed by atoms with Crippen molar-refractivity contribution in [3.05, 3.63) is 22.4 Å². The Morgan fingerprint density at radius 1 is 1.43 bits per heavy atom. The van der Waals surface area contributed by atoms with Crippen LogP contribution in [0.5, 0.6) is 0 Å². The summed E-state index contributed by atoms with van der Waals surface area (Å²) in [5.74, 6) is 0.00138. The summed E-state index contributed by atoms with van der Waals surface area (Å²) >= 11 is 1.76. The van der Waals surface area contributed by atoms with Crippen LogP contribution in [0.25, 0.3) is 0 Å². The van der Waals surface area contributed by atoms with Crippen molar-refractivity contribution < 1.29 is 14.3 Å². The van der Waals surface area contributed by atoms with Crippen molar-refractivity contribution in [3.8, 4) is 0 Å². The number of nitrogens with zero attached hydrogens (tertiary/aromatic N) is 2. The lowest BCUT2D eigenvalue weighted by Gasteiger charge is -2.36. The topological polar surface area (TPSA) is 42.0 Å². The summed E-state index contributed by atoms with van der Waals surface area (Å²) in [5, 5.41) is 4.37. The van der Waals surface area contributed by atoms with Gasteiger partial charge >= 0.3 is 0 Å². The van der Waals surface area contributed by atoms with Gasteiger partial charge in [-0.25, -0.2) is 0 Å². The van der Waals surface area contributed by atoms with Crippen molar-refractivity contribution in [3.63, 3.8) is 0 Å². The molecular weight excluding hydrogens is 312 g/mol. The quantitative estimate of drug-likeness (QED) is 0.795. The highest BCUT2D eigenvalue weighted by Crippen LogP contribution is 2.32. The Bertz CT molecular complexity index is 506. The van der Waals surface area contributed by atoms with E-state index in [1.54, 1.807) is 30.3 Å². The minimum atomic E-state index is 0.00138. The summed E-state index contributed by atoms with van der Waals surface area (Å²) in [6.07, 6.45) is 3.72. The minimum Gasteiger partial charge on any atom is -0.371 e. The molecule has 5 nitrogen and oxygen atoms in total. The number of amides is 1. The van der Waals surface area contributed by atoms with E-state index in [4.69, 9.17) is 9.47 Å². The van der Waals surface area contributed by atoms with E-state index in [1.165, 1.54) is 5.56 Å². The van der Waals surface area contributed by atoms with Crippen LogP contribution in [0.15, 0.2) is 16.8 Å².